The van der Waals surface area contributed by atoms with Crippen molar-refractivity contribution in [2.75, 3.05) is 11.9 Å². The van der Waals surface area contributed by atoms with Gasteiger partial charge in [-0.2, -0.15) is 0 Å². The van der Waals surface area contributed by atoms with Crippen molar-refractivity contribution in [3.63, 3.8) is 0 Å². The Labute approximate surface area is 157 Å². The van der Waals surface area contributed by atoms with Crippen molar-refractivity contribution < 1.29 is 19.2 Å². The van der Waals surface area contributed by atoms with E-state index < -0.39 is 11.6 Å². The Balaban J connectivity index is 1.47. The smallest absolute Gasteiger partial charge is 0.325 e. The van der Waals surface area contributed by atoms with E-state index in [1.807, 2.05) is 0 Å². The molecule has 0 aromatic heterocycles. The van der Waals surface area contributed by atoms with Crippen LogP contribution in [0.3, 0.4) is 0 Å². The van der Waals surface area contributed by atoms with Crippen LogP contribution < -0.4 is 16.0 Å². The van der Waals surface area contributed by atoms with Crippen LogP contribution in [0, 0.1) is 0 Å². The number of hydrogen-bond donors (Lipinski definition) is 3. The van der Waals surface area contributed by atoms with Gasteiger partial charge in [0, 0.05) is 30.3 Å². The van der Waals surface area contributed by atoms with Crippen LogP contribution in [-0.4, -0.2) is 46.8 Å². The summed E-state index contributed by atoms with van der Waals surface area (Å²) >= 11 is 0. The number of benzene rings is 1. The molecule has 1 aromatic carbocycles. The van der Waals surface area contributed by atoms with Gasteiger partial charge in [0.25, 0.3) is 11.8 Å². The fraction of sp³-hybridized carbons (Fsp3) is 0.474. The van der Waals surface area contributed by atoms with Crippen LogP contribution in [0.25, 0.3) is 0 Å². The highest BCUT2D eigenvalue weighted by Crippen LogP contribution is 2.20. The normalized spacial score (nSPS) is 18.2. The number of imide groups is 1. The molecule has 3 N–H and O–H groups in total. The summed E-state index contributed by atoms with van der Waals surface area (Å²) in [6.45, 7) is 3.48. The highest BCUT2D eigenvalue weighted by atomic mass is 16.2. The van der Waals surface area contributed by atoms with E-state index in [9.17, 15) is 19.2 Å². The minimum absolute atomic E-state index is 0.144. The van der Waals surface area contributed by atoms with Crippen LogP contribution >= 0.6 is 0 Å². The van der Waals surface area contributed by atoms with E-state index in [1.54, 1.807) is 38.1 Å². The molecule has 1 aliphatic carbocycles. The first-order chi connectivity index (χ1) is 12.8. The molecule has 1 aliphatic heterocycles. The van der Waals surface area contributed by atoms with Crippen LogP contribution in [0.15, 0.2) is 24.3 Å². The van der Waals surface area contributed by atoms with Crippen molar-refractivity contribution in [3.8, 4) is 0 Å². The number of nitrogens with one attached hydrogen (secondary N) is 3. The standard InChI is InChI=1S/C19H24N4O4/c1-19(2)17(26)23(18(27)22-19)10-4-7-15(24)20-14-6-3-5-12(11-14)16(25)21-13-8-9-13/h3,5-6,11,13H,4,7-10H2,1-2H3,(H,20,24)(H,21,25)(H,22,27). The van der Waals surface area contributed by atoms with Crippen molar-refractivity contribution >= 4 is 29.4 Å². The third-order valence-electron chi connectivity index (χ3n) is 4.55. The number of urea groups is 1. The molecule has 144 valence electrons. The Morgan fingerprint density at radius 1 is 1.26 bits per heavy atom. The Morgan fingerprint density at radius 2 is 2.00 bits per heavy atom. The first-order valence-electron chi connectivity index (χ1n) is 9.11. The minimum atomic E-state index is -0.902. The molecule has 1 saturated carbocycles. The van der Waals surface area contributed by atoms with E-state index in [2.05, 4.69) is 16.0 Å². The summed E-state index contributed by atoms with van der Waals surface area (Å²) in [6, 6.07) is 6.60. The molecule has 0 bridgehead atoms. The third kappa shape index (κ3) is 4.64. The average Bonchev–Trinajstić information content (AvgIpc) is 3.38. The molecule has 1 saturated heterocycles. The van der Waals surface area contributed by atoms with E-state index in [0.717, 1.165) is 17.7 Å². The van der Waals surface area contributed by atoms with E-state index in [1.165, 1.54) is 0 Å². The Bertz CT molecular complexity index is 786. The SMILES string of the molecule is CC1(C)NC(=O)N(CCCC(=O)Nc2cccc(C(=O)NC3CC3)c2)C1=O. The summed E-state index contributed by atoms with van der Waals surface area (Å²) in [7, 11) is 0. The summed E-state index contributed by atoms with van der Waals surface area (Å²) < 4.78 is 0. The molecule has 8 nitrogen and oxygen atoms in total. The number of hydrogen-bond acceptors (Lipinski definition) is 4. The van der Waals surface area contributed by atoms with Gasteiger partial charge in [-0.3, -0.25) is 19.3 Å². The second-order valence-electron chi connectivity index (χ2n) is 7.49. The number of carbonyl (C=O) groups is 4. The maximum absolute atomic E-state index is 12.1. The van der Waals surface area contributed by atoms with Crippen molar-refractivity contribution in [2.45, 2.75) is 51.1 Å². The van der Waals surface area contributed by atoms with E-state index in [0.29, 0.717) is 17.7 Å². The maximum atomic E-state index is 12.1. The van der Waals surface area contributed by atoms with Crippen molar-refractivity contribution in [1.82, 2.24) is 15.5 Å². The molecule has 1 heterocycles. The molecule has 1 aromatic rings. The molecular formula is C19H24N4O4. The number of nitrogens with zero attached hydrogens (tertiary/aromatic N) is 1. The fourth-order valence-corrected chi connectivity index (χ4v) is 2.88. The minimum Gasteiger partial charge on any atom is -0.349 e. The monoisotopic (exact) mass is 372 g/mol. The van der Waals surface area contributed by atoms with Gasteiger partial charge in [-0.15, -0.1) is 0 Å². The summed E-state index contributed by atoms with van der Waals surface area (Å²) in [6.07, 6.45) is 2.55. The van der Waals surface area contributed by atoms with Crippen LogP contribution in [0.5, 0.6) is 0 Å². The molecule has 2 aliphatic rings. The fourth-order valence-electron chi connectivity index (χ4n) is 2.88. The second-order valence-corrected chi connectivity index (χ2v) is 7.49. The first-order valence-corrected chi connectivity index (χ1v) is 9.11. The topological polar surface area (TPSA) is 108 Å². The molecule has 5 amide bonds. The maximum Gasteiger partial charge on any atom is 0.325 e. The Hall–Kier alpha value is -2.90. The Kier molecular flexibility index (Phi) is 5.16. The predicted octanol–water partition coefficient (Wildman–Crippen LogP) is 1.63. The predicted molar refractivity (Wildman–Crippen MR) is 99.1 cm³/mol. The molecule has 0 spiro atoms. The zero-order valence-electron chi connectivity index (χ0n) is 15.5. The van der Waals surface area contributed by atoms with Gasteiger partial charge in [-0.25, -0.2) is 4.79 Å². The lowest BCUT2D eigenvalue weighted by Crippen LogP contribution is -2.40. The molecule has 2 fully saturated rings. The molecule has 8 heteroatoms. The first kappa shape index (κ1) is 18.9. The van der Waals surface area contributed by atoms with Crippen LogP contribution in [0.4, 0.5) is 10.5 Å². The van der Waals surface area contributed by atoms with E-state index >= 15 is 0 Å². The molecule has 0 atom stereocenters. The van der Waals surface area contributed by atoms with E-state index in [-0.39, 0.29) is 36.7 Å². The van der Waals surface area contributed by atoms with Crippen LogP contribution in [0.2, 0.25) is 0 Å². The van der Waals surface area contributed by atoms with Gasteiger partial charge in [0.15, 0.2) is 0 Å². The van der Waals surface area contributed by atoms with Crippen LogP contribution in [0.1, 0.15) is 49.9 Å². The highest BCUT2D eigenvalue weighted by Gasteiger charge is 2.43. The van der Waals surface area contributed by atoms with Gasteiger partial charge in [-0.1, -0.05) is 6.07 Å². The largest absolute Gasteiger partial charge is 0.349 e. The lowest BCUT2D eigenvalue weighted by atomic mass is 10.1. The highest BCUT2D eigenvalue weighted by molar-refractivity contribution is 6.06. The van der Waals surface area contributed by atoms with Gasteiger partial charge < -0.3 is 16.0 Å². The van der Waals surface area contributed by atoms with E-state index in [4.69, 9.17) is 0 Å². The van der Waals surface area contributed by atoms with Crippen molar-refractivity contribution in [1.29, 1.82) is 0 Å². The Morgan fingerprint density at radius 3 is 2.63 bits per heavy atom. The van der Waals surface area contributed by atoms with Crippen molar-refractivity contribution in [3.05, 3.63) is 29.8 Å². The number of carbonyl (C=O) groups excluding carboxylic acids is 4. The summed E-state index contributed by atoms with van der Waals surface area (Å²) in [4.78, 5) is 49.2. The zero-order chi connectivity index (χ0) is 19.6. The lowest BCUT2D eigenvalue weighted by molar-refractivity contribution is -0.130. The molecule has 3 rings (SSSR count). The number of amides is 5. The third-order valence-corrected chi connectivity index (χ3v) is 4.55. The summed E-state index contributed by atoms with van der Waals surface area (Å²) in [5.41, 5.74) is 0.140. The van der Waals surface area contributed by atoms with Gasteiger partial charge in [-0.05, 0) is 51.3 Å². The number of anilines is 1. The average molecular weight is 372 g/mol. The number of rotatable bonds is 7. The summed E-state index contributed by atoms with van der Waals surface area (Å²) in [5.74, 6) is -0.668. The van der Waals surface area contributed by atoms with Gasteiger partial charge in [0.1, 0.15) is 5.54 Å². The molecule has 0 radical (unpaired) electrons. The molecular weight excluding hydrogens is 348 g/mol. The van der Waals surface area contributed by atoms with Crippen molar-refractivity contribution in [2.24, 2.45) is 0 Å². The molecule has 27 heavy (non-hydrogen) atoms. The lowest BCUT2D eigenvalue weighted by Gasteiger charge is -2.15. The molecule has 0 unspecified atom stereocenters. The van der Waals surface area contributed by atoms with Gasteiger partial charge >= 0.3 is 6.03 Å². The van der Waals surface area contributed by atoms with Crippen LogP contribution in [-0.2, 0) is 9.59 Å². The summed E-state index contributed by atoms with van der Waals surface area (Å²) in [5, 5.41) is 8.26. The van der Waals surface area contributed by atoms with Gasteiger partial charge in [0.2, 0.25) is 5.91 Å². The van der Waals surface area contributed by atoms with Gasteiger partial charge in [0.05, 0.1) is 0 Å². The zero-order valence-corrected chi connectivity index (χ0v) is 15.5. The quantitative estimate of drug-likeness (QED) is 0.632. The second kappa shape index (κ2) is 7.38.